The minimum Gasteiger partial charge on any atom is -0.494 e. The quantitative estimate of drug-likeness (QED) is 0.790. The van der Waals surface area contributed by atoms with Gasteiger partial charge in [0.25, 0.3) is 0 Å². The molecule has 1 amide bonds. The highest BCUT2D eigenvalue weighted by atomic mass is 32.2. The second kappa shape index (κ2) is 7.88. The first kappa shape index (κ1) is 19.9. The number of ether oxygens (including phenoxy) is 1. The lowest BCUT2D eigenvalue weighted by atomic mass is 10.3. The molecule has 0 atom stereocenters. The predicted molar refractivity (Wildman–Crippen MR) is 98.8 cm³/mol. The lowest BCUT2D eigenvalue weighted by molar-refractivity contribution is -0.116. The standard InChI is InChI=1S/C17H24N4O4S/c1-6-25-15-9-7-14(8-10-15)18-16(22)11-21-13(3)17(12(2)19-21)26(23,24)20(4)5/h7-10H,6,11H2,1-5H3,(H,18,22). The summed E-state index contributed by atoms with van der Waals surface area (Å²) in [5.74, 6) is 0.427. The molecule has 1 N–H and O–H groups in total. The van der Waals surface area contributed by atoms with Crippen molar-refractivity contribution in [2.45, 2.75) is 32.2 Å². The topological polar surface area (TPSA) is 93.5 Å². The summed E-state index contributed by atoms with van der Waals surface area (Å²) in [6, 6.07) is 7.02. The van der Waals surface area contributed by atoms with E-state index in [-0.39, 0.29) is 17.3 Å². The van der Waals surface area contributed by atoms with Gasteiger partial charge in [0.05, 0.1) is 18.0 Å². The molecule has 142 valence electrons. The zero-order valence-corrected chi connectivity index (χ0v) is 16.4. The van der Waals surface area contributed by atoms with Gasteiger partial charge in [-0.3, -0.25) is 9.48 Å². The molecule has 26 heavy (non-hydrogen) atoms. The number of aromatic nitrogens is 2. The first-order valence-electron chi connectivity index (χ1n) is 8.16. The van der Waals surface area contributed by atoms with Crippen LogP contribution in [-0.4, -0.2) is 49.1 Å². The number of sulfonamides is 1. The Balaban J connectivity index is 2.15. The monoisotopic (exact) mass is 380 g/mol. The molecule has 0 fully saturated rings. The van der Waals surface area contributed by atoms with Crippen LogP contribution in [-0.2, 0) is 21.4 Å². The van der Waals surface area contributed by atoms with Crippen LogP contribution >= 0.6 is 0 Å². The maximum atomic E-state index is 12.4. The molecule has 0 aliphatic carbocycles. The van der Waals surface area contributed by atoms with Crippen molar-refractivity contribution in [2.75, 3.05) is 26.0 Å². The van der Waals surface area contributed by atoms with Crippen LogP contribution in [0.3, 0.4) is 0 Å². The molecule has 0 spiro atoms. The van der Waals surface area contributed by atoms with Crippen molar-refractivity contribution in [1.82, 2.24) is 14.1 Å². The van der Waals surface area contributed by atoms with Crippen LogP contribution in [0.5, 0.6) is 5.75 Å². The lowest BCUT2D eigenvalue weighted by Gasteiger charge is -2.12. The van der Waals surface area contributed by atoms with E-state index in [1.165, 1.54) is 18.8 Å². The number of amides is 1. The number of hydrogen-bond acceptors (Lipinski definition) is 5. The summed E-state index contributed by atoms with van der Waals surface area (Å²) >= 11 is 0. The molecular formula is C17H24N4O4S. The molecule has 2 aromatic rings. The molecule has 0 bridgehead atoms. The van der Waals surface area contributed by atoms with Crippen LogP contribution in [0.15, 0.2) is 29.2 Å². The molecule has 0 aliphatic heterocycles. The van der Waals surface area contributed by atoms with Crippen molar-refractivity contribution >= 4 is 21.6 Å². The summed E-state index contributed by atoms with van der Waals surface area (Å²) in [6.07, 6.45) is 0. The third-order valence-electron chi connectivity index (χ3n) is 3.80. The highest BCUT2D eigenvalue weighted by molar-refractivity contribution is 7.89. The Labute approximate surface area is 153 Å². The Morgan fingerprint density at radius 1 is 1.23 bits per heavy atom. The van der Waals surface area contributed by atoms with E-state index in [2.05, 4.69) is 10.4 Å². The van der Waals surface area contributed by atoms with Gasteiger partial charge in [0.15, 0.2) is 0 Å². The van der Waals surface area contributed by atoms with Gasteiger partial charge < -0.3 is 10.1 Å². The average Bonchev–Trinajstić information content (AvgIpc) is 2.83. The Bertz CT molecular complexity index is 886. The van der Waals surface area contributed by atoms with Crippen LogP contribution in [0.4, 0.5) is 5.69 Å². The van der Waals surface area contributed by atoms with Gasteiger partial charge in [0.1, 0.15) is 17.2 Å². The third kappa shape index (κ3) is 4.23. The number of aryl methyl sites for hydroxylation is 1. The second-order valence-electron chi connectivity index (χ2n) is 5.95. The molecule has 0 saturated carbocycles. The molecule has 0 aliphatic rings. The van der Waals surface area contributed by atoms with Crippen molar-refractivity contribution in [1.29, 1.82) is 0 Å². The van der Waals surface area contributed by atoms with E-state index in [4.69, 9.17) is 4.74 Å². The fraction of sp³-hybridized carbons (Fsp3) is 0.412. The maximum Gasteiger partial charge on any atom is 0.246 e. The molecule has 0 unspecified atom stereocenters. The normalized spacial score (nSPS) is 11.6. The van der Waals surface area contributed by atoms with Crippen LogP contribution in [0, 0.1) is 13.8 Å². The Hall–Kier alpha value is -2.39. The van der Waals surface area contributed by atoms with Gasteiger partial charge >= 0.3 is 0 Å². The predicted octanol–water partition coefficient (Wildman–Crippen LogP) is 1.79. The van der Waals surface area contributed by atoms with Gasteiger partial charge in [-0.1, -0.05) is 0 Å². The van der Waals surface area contributed by atoms with Crippen LogP contribution in [0.1, 0.15) is 18.3 Å². The van der Waals surface area contributed by atoms with E-state index in [0.29, 0.717) is 23.7 Å². The average molecular weight is 380 g/mol. The Morgan fingerprint density at radius 3 is 2.38 bits per heavy atom. The number of anilines is 1. The largest absolute Gasteiger partial charge is 0.494 e. The first-order valence-corrected chi connectivity index (χ1v) is 9.60. The smallest absolute Gasteiger partial charge is 0.246 e. The van der Waals surface area contributed by atoms with Crippen molar-refractivity contribution in [2.24, 2.45) is 0 Å². The molecule has 2 rings (SSSR count). The number of hydrogen-bond donors (Lipinski definition) is 1. The summed E-state index contributed by atoms with van der Waals surface area (Å²) in [5, 5.41) is 6.97. The maximum absolute atomic E-state index is 12.4. The van der Waals surface area contributed by atoms with E-state index in [9.17, 15) is 13.2 Å². The van der Waals surface area contributed by atoms with Crippen LogP contribution in [0.25, 0.3) is 0 Å². The molecular weight excluding hydrogens is 356 g/mol. The van der Waals surface area contributed by atoms with Gasteiger partial charge in [-0.2, -0.15) is 5.10 Å². The van der Waals surface area contributed by atoms with Crippen molar-refractivity contribution < 1.29 is 17.9 Å². The summed E-state index contributed by atoms with van der Waals surface area (Å²) in [4.78, 5) is 12.4. The molecule has 1 aromatic heterocycles. The summed E-state index contributed by atoms with van der Waals surface area (Å²) in [6.45, 7) is 5.64. The van der Waals surface area contributed by atoms with E-state index in [0.717, 1.165) is 10.1 Å². The number of nitrogens with one attached hydrogen (secondary N) is 1. The number of carbonyl (C=O) groups is 1. The van der Waals surface area contributed by atoms with Crippen molar-refractivity contribution in [3.8, 4) is 5.75 Å². The molecule has 8 nitrogen and oxygen atoms in total. The molecule has 0 saturated heterocycles. The van der Waals surface area contributed by atoms with E-state index in [1.807, 2.05) is 6.92 Å². The zero-order chi connectivity index (χ0) is 19.5. The zero-order valence-electron chi connectivity index (χ0n) is 15.6. The van der Waals surface area contributed by atoms with E-state index < -0.39 is 10.0 Å². The highest BCUT2D eigenvalue weighted by Crippen LogP contribution is 2.22. The SMILES string of the molecule is CCOc1ccc(NC(=O)Cn2nc(C)c(S(=O)(=O)N(C)C)c2C)cc1. The minimum absolute atomic E-state index is 0.0805. The number of benzene rings is 1. The fourth-order valence-corrected chi connectivity index (χ4v) is 3.79. The van der Waals surface area contributed by atoms with Crippen molar-refractivity contribution in [3.05, 3.63) is 35.7 Å². The number of carbonyl (C=O) groups excluding carboxylic acids is 1. The summed E-state index contributed by atoms with van der Waals surface area (Å²) < 4.78 is 32.7. The fourth-order valence-electron chi connectivity index (χ4n) is 2.53. The lowest BCUT2D eigenvalue weighted by Crippen LogP contribution is -2.24. The van der Waals surface area contributed by atoms with Gasteiger partial charge in [0.2, 0.25) is 15.9 Å². The Kier molecular flexibility index (Phi) is 6.04. The summed E-state index contributed by atoms with van der Waals surface area (Å²) in [5.41, 5.74) is 1.42. The molecule has 1 aromatic carbocycles. The van der Waals surface area contributed by atoms with E-state index in [1.54, 1.807) is 38.1 Å². The second-order valence-corrected chi connectivity index (χ2v) is 8.04. The van der Waals surface area contributed by atoms with Gasteiger partial charge in [-0.25, -0.2) is 12.7 Å². The minimum atomic E-state index is -3.62. The first-order chi connectivity index (χ1) is 12.2. The van der Waals surface area contributed by atoms with Crippen molar-refractivity contribution in [3.63, 3.8) is 0 Å². The molecule has 0 radical (unpaired) electrons. The molecule has 9 heteroatoms. The van der Waals surface area contributed by atoms with Crippen LogP contribution < -0.4 is 10.1 Å². The van der Waals surface area contributed by atoms with E-state index >= 15 is 0 Å². The van der Waals surface area contributed by atoms with Crippen LogP contribution in [0.2, 0.25) is 0 Å². The number of nitrogens with zero attached hydrogens (tertiary/aromatic N) is 3. The molecule has 1 heterocycles. The summed E-state index contributed by atoms with van der Waals surface area (Å²) in [7, 11) is -0.693. The highest BCUT2D eigenvalue weighted by Gasteiger charge is 2.27. The van der Waals surface area contributed by atoms with Gasteiger partial charge in [0, 0.05) is 19.8 Å². The van der Waals surface area contributed by atoms with Gasteiger partial charge in [-0.05, 0) is 45.0 Å². The third-order valence-corrected chi connectivity index (χ3v) is 5.86. The number of rotatable bonds is 7. The van der Waals surface area contributed by atoms with Gasteiger partial charge in [-0.15, -0.1) is 0 Å². The Morgan fingerprint density at radius 2 is 1.85 bits per heavy atom.